The van der Waals surface area contributed by atoms with Crippen LogP contribution < -0.4 is 11.3 Å². The van der Waals surface area contributed by atoms with Crippen LogP contribution in [0.25, 0.3) is 34.1 Å². The molecule has 4 aromatic rings. The van der Waals surface area contributed by atoms with E-state index in [1.807, 2.05) is 24.3 Å². The molecule has 0 aliphatic heterocycles. The van der Waals surface area contributed by atoms with Crippen molar-refractivity contribution in [1.82, 2.24) is 0 Å². The molecule has 0 atom stereocenters. The van der Waals surface area contributed by atoms with E-state index < -0.39 is 11.3 Å². The SMILES string of the molecule is O=c1oc2ccccc2cc1C=Cc1cc2ccccc2oc1=O. The monoisotopic (exact) mass is 316 g/mol. The maximum atomic E-state index is 12.0. The van der Waals surface area contributed by atoms with Gasteiger partial charge in [-0.2, -0.15) is 0 Å². The fourth-order valence-corrected chi connectivity index (χ4v) is 2.57. The van der Waals surface area contributed by atoms with Gasteiger partial charge in [-0.15, -0.1) is 0 Å². The van der Waals surface area contributed by atoms with Gasteiger partial charge in [0.2, 0.25) is 0 Å². The smallest absolute Gasteiger partial charge is 0.343 e. The zero-order chi connectivity index (χ0) is 16.5. The molecule has 4 rings (SSSR count). The van der Waals surface area contributed by atoms with Crippen molar-refractivity contribution in [2.45, 2.75) is 0 Å². The van der Waals surface area contributed by atoms with Gasteiger partial charge in [0.05, 0.1) is 11.1 Å². The minimum atomic E-state index is -0.449. The summed E-state index contributed by atoms with van der Waals surface area (Å²) in [6.45, 7) is 0. The van der Waals surface area contributed by atoms with Gasteiger partial charge in [-0.25, -0.2) is 9.59 Å². The third kappa shape index (κ3) is 2.54. The van der Waals surface area contributed by atoms with Gasteiger partial charge in [0.1, 0.15) is 11.2 Å². The fraction of sp³-hybridized carbons (Fsp3) is 0. The summed E-state index contributed by atoms with van der Waals surface area (Å²) in [5, 5.41) is 1.64. The maximum absolute atomic E-state index is 12.0. The lowest BCUT2D eigenvalue weighted by atomic mass is 10.1. The summed E-state index contributed by atoms with van der Waals surface area (Å²) in [6.07, 6.45) is 3.14. The molecule has 0 saturated carbocycles. The first kappa shape index (κ1) is 14.2. The van der Waals surface area contributed by atoms with E-state index in [9.17, 15) is 9.59 Å². The second-order valence-corrected chi connectivity index (χ2v) is 5.39. The highest BCUT2D eigenvalue weighted by atomic mass is 16.4. The fourth-order valence-electron chi connectivity index (χ4n) is 2.57. The molecule has 0 fully saturated rings. The lowest BCUT2D eigenvalue weighted by Gasteiger charge is -1.99. The Hall–Kier alpha value is -3.40. The Balaban J connectivity index is 1.80. The summed E-state index contributed by atoms with van der Waals surface area (Å²) in [7, 11) is 0. The first-order chi connectivity index (χ1) is 11.7. The molecule has 0 N–H and O–H groups in total. The van der Waals surface area contributed by atoms with Crippen LogP contribution >= 0.6 is 0 Å². The van der Waals surface area contributed by atoms with E-state index >= 15 is 0 Å². The molecule has 4 nitrogen and oxygen atoms in total. The zero-order valence-electron chi connectivity index (χ0n) is 12.6. The van der Waals surface area contributed by atoms with E-state index in [-0.39, 0.29) is 0 Å². The number of hydrogen-bond donors (Lipinski definition) is 0. The van der Waals surface area contributed by atoms with Crippen molar-refractivity contribution in [3.05, 3.63) is 92.6 Å². The highest BCUT2D eigenvalue weighted by Gasteiger charge is 2.04. The highest BCUT2D eigenvalue weighted by Crippen LogP contribution is 2.16. The predicted octanol–water partition coefficient (Wildman–Crippen LogP) is 4.07. The summed E-state index contributed by atoms with van der Waals surface area (Å²) in [5.41, 5.74) is 0.919. The molecule has 116 valence electrons. The summed E-state index contributed by atoms with van der Waals surface area (Å²) in [4.78, 5) is 24.1. The first-order valence-corrected chi connectivity index (χ1v) is 7.44. The minimum Gasteiger partial charge on any atom is -0.422 e. The van der Waals surface area contributed by atoms with Gasteiger partial charge in [-0.05, 0) is 36.4 Å². The molecule has 2 aromatic heterocycles. The molecule has 0 radical (unpaired) electrons. The molecule has 0 unspecified atom stereocenters. The van der Waals surface area contributed by atoms with E-state index in [0.717, 1.165) is 10.8 Å². The van der Waals surface area contributed by atoms with Crippen LogP contribution in [0.2, 0.25) is 0 Å². The highest BCUT2D eigenvalue weighted by molar-refractivity contribution is 5.82. The lowest BCUT2D eigenvalue weighted by Crippen LogP contribution is -2.04. The number of para-hydroxylation sites is 2. The maximum Gasteiger partial charge on any atom is 0.343 e. The van der Waals surface area contributed by atoms with Gasteiger partial charge in [0.25, 0.3) is 0 Å². The van der Waals surface area contributed by atoms with Crippen LogP contribution in [0.1, 0.15) is 11.1 Å². The number of rotatable bonds is 2. The normalized spacial score (nSPS) is 11.5. The molecular weight excluding hydrogens is 304 g/mol. The minimum absolute atomic E-state index is 0.376. The molecule has 2 aromatic carbocycles. The molecule has 0 saturated heterocycles. The van der Waals surface area contributed by atoms with Crippen molar-refractivity contribution in [3.8, 4) is 0 Å². The van der Waals surface area contributed by atoms with Crippen LogP contribution in [0.15, 0.2) is 79.1 Å². The van der Waals surface area contributed by atoms with Crippen molar-refractivity contribution in [3.63, 3.8) is 0 Å². The predicted molar refractivity (Wildman–Crippen MR) is 93.9 cm³/mol. The van der Waals surface area contributed by atoms with Crippen LogP contribution in [0.5, 0.6) is 0 Å². The van der Waals surface area contributed by atoms with E-state index in [0.29, 0.717) is 22.3 Å². The summed E-state index contributed by atoms with van der Waals surface area (Å²) >= 11 is 0. The van der Waals surface area contributed by atoms with Gasteiger partial charge in [-0.3, -0.25) is 0 Å². The van der Waals surface area contributed by atoms with E-state index in [2.05, 4.69) is 0 Å². The van der Waals surface area contributed by atoms with Gasteiger partial charge in [0, 0.05) is 10.8 Å². The van der Waals surface area contributed by atoms with Crippen LogP contribution in [-0.2, 0) is 0 Å². The molecule has 24 heavy (non-hydrogen) atoms. The van der Waals surface area contributed by atoms with Gasteiger partial charge in [0.15, 0.2) is 0 Å². The van der Waals surface area contributed by atoms with Crippen LogP contribution in [0, 0.1) is 0 Å². The van der Waals surface area contributed by atoms with Crippen molar-refractivity contribution < 1.29 is 8.83 Å². The van der Waals surface area contributed by atoms with Crippen molar-refractivity contribution >= 4 is 34.1 Å². The third-order valence-electron chi connectivity index (χ3n) is 3.78. The van der Waals surface area contributed by atoms with E-state index in [4.69, 9.17) is 8.83 Å². The standard InChI is InChI=1S/C20H12O4/c21-19-15(11-13-5-1-3-7-17(13)23-19)9-10-16-12-14-6-2-4-8-18(14)24-20(16)22/h1-12H. The van der Waals surface area contributed by atoms with E-state index in [1.165, 1.54) is 0 Å². The Morgan fingerprint density at radius 3 is 1.50 bits per heavy atom. The van der Waals surface area contributed by atoms with Gasteiger partial charge < -0.3 is 8.83 Å². The average Bonchev–Trinajstić information content (AvgIpc) is 2.60. The third-order valence-corrected chi connectivity index (χ3v) is 3.78. The van der Waals surface area contributed by atoms with Crippen LogP contribution in [0.4, 0.5) is 0 Å². The Morgan fingerprint density at radius 2 is 1.04 bits per heavy atom. The number of fused-ring (bicyclic) bond motifs is 2. The largest absolute Gasteiger partial charge is 0.422 e. The first-order valence-electron chi connectivity index (χ1n) is 7.44. The topological polar surface area (TPSA) is 60.4 Å². The molecule has 0 spiro atoms. The van der Waals surface area contributed by atoms with Gasteiger partial charge in [-0.1, -0.05) is 36.4 Å². The molecule has 0 bridgehead atoms. The second kappa shape index (κ2) is 5.66. The van der Waals surface area contributed by atoms with E-state index in [1.54, 1.807) is 48.6 Å². The number of benzene rings is 2. The quantitative estimate of drug-likeness (QED) is 0.523. The van der Waals surface area contributed by atoms with Crippen molar-refractivity contribution in [2.75, 3.05) is 0 Å². The number of hydrogen-bond acceptors (Lipinski definition) is 4. The molecule has 4 heteroatoms. The Bertz CT molecular complexity index is 1100. The summed E-state index contributed by atoms with van der Waals surface area (Å²) in [6, 6.07) is 18.0. The van der Waals surface area contributed by atoms with Crippen molar-refractivity contribution in [1.29, 1.82) is 0 Å². The lowest BCUT2D eigenvalue weighted by molar-refractivity contribution is 0.558. The Kier molecular flexibility index (Phi) is 3.35. The summed E-state index contributed by atoms with van der Waals surface area (Å²) < 4.78 is 10.5. The van der Waals surface area contributed by atoms with Crippen LogP contribution in [-0.4, -0.2) is 0 Å². The summed E-state index contributed by atoms with van der Waals surface area (Å²) in [5.74, 6) is 0. The molecule has 0 aliphatic carbocycles. The van der Waals surface area contributed by atoms with Gasteiger partial charge >= 0.3 is 11.3 Å². The second-order valence-electron chi connectivity index (χ2n) is 5.39. The van der Waals surface area contributed by atoms with Crippen molar-refractivity contribution in [2.24, 2.45) is 0 Å². The molecular formula is C20H12O4. The average molecular weight is 316 g/mol. The zero-order valence-corrected chi connectivity index (χ0v) is 12.6. The Labute approximate surface area is 136 Å². The molecule has 2 heterocycles. The molecule has 0 amide bonds. The molecule has 0 aliphatic rings. The van der Waals surface area contributed by atoms with Crippen LogP contribution in [0.3, 0.4) is 0 Å². The Morgan fingerprint density at radius 1 is 0.625 bits per heavy atom.